The van der Waals surface area contributed by atoms with Gasteiger partial charge < -0.3 is 70.0 Å². The van der Waals surface area contributed by atoms with E-state index in [9.17, 15) is 59.4 Å². The fourth-order valence-electron chi connectivity index (χ4n) is 11.9. The van der Waals surface area contributed by atoms with Crippen molar-refractivity contribution >= 4 is 25.6 Å². The summed E-state index contributed by atoms with van der Waals surface area (Å²) >= 11 is 0. The molecule has 2 aliphatic rings. The van der Waals surface area contributed by atoms with Crippen LogP contribution in [-0.4, -0.2) is 145 Å². The van der Waals surface area contributed by atoms with Crippen molar-refractivity contribution < 1.29 is 82.8 Å². The molecule has 0 spiro atoms. The fraction of sp³-hybridized carbons (Fsp3) is 0.955. The van der Waals surface area contributed by atoms with Gasteiger partial charge in [-0.3, -0.25) is 18.9 Å². The van der Waals surface area contributed by atoms with Crippen molar-refractivity contribution in [3.05, 3.63) is 0 Å². The molecule has 2 rings (SSSR count). The normalized spacial score (nSPS) is 23.3. The van der Waals surface area contributed by atoms with E-state index in [1.165, 1.54) is 173 Å². The largest absolute Gasteiger partial charge is 0.472 e. The van der Waals surface area contributed by atoms with Crippen LogP contribution in [-0.2, 0) is 42.4 Å². The summed E-state index contributed by atoms with van der Waals surface area (Å²) in [5.74, 6) is -1.85. The number of carbonyl (C=O) groups excluding carboxylic acids is 3. The highest BCUT2D eigenvalue weighted by Gasteiger charge is 2.50. The molecule has 20 heteroatoms. The minimum atomic E-state index is -5.37. The number of aliphatic hydroxyl groups is 6. The van der Waals surface area contributed by atoms with E-state index in [4.69, 9.17) is 23.5 Å². The SMILES string of the molecule is CCCCCCCCCCCCCCCCCC(=O)OC(CCCCCCCCCCCCCCC)CC(=O)N[C@H]1[C@H](OC[C@H]2O[C@H](OP(=O)(O)O)[C@H](NC(=O)CC(O)CCCCCCCCCCCCCCC)[C@@H](O)[C@@H]2O)O[C@H](CO)[C@@H](O)[C@@H]1O. The lowest BCUT2D eigenvalue weighted by atomic mass is 9.95. The summed E-state index contributed by atoms with van der Waals surface area (Å²) in [7, 11) is -5.37. The maximum Gasteiger partial charge on any atom is 0.472 e. The highest BCUT2D eigenvalue weighted by Crippen LogP contribution is 2.41. The molecule has 0 aromatic carbocycles. The van der Waals surface area contributed by atoms with Crippen LogP contribution >= 0.6 is 7.82 Å². The molecule has 2 amide bonds. The van der Waals surface area contributed by atoms with E-state index in [-0.39, 0.29) is 12.8 Å². The number of hydrogen-bond acceptors (Lipinski definition) is 15. The van der Waals surface area contributed by atoms with Crippen LogP contribution in [0.25, 0.3) is 0 Å². The number of hydrogen-bond donors (Lipinski definition) is 10. The van der Waals surface area contributed by atoms with Gasteiger partial charge in [0.2, 0.25) is 11.8 Å². The second-order valence-corrected chi connectivity index (χ2v) is 26.5. The molecule has 10 N–H and O–H groups in total. The van der Waals surface area contributed by atoms with Gasteiger partial charge in [0.1, 0.15) is 54.8 Å². The molecule has 19 nitrogen and oxygen atoms in total. The van der Waals surface area contributed by atoms with E-state index in [2.05, 4.69) is 31.4 Å². The zero-order valence-corrected chi connectivity index (χ0v) is 55.0. The number of unbranched alkanes of at least 4 members (excludes halogenated alkanes) is 38. The van der Waals surface area contributed by atoms with Gasteiger partial charge in [0.25, 0.3) is 0 Å². The third-order valence-electron chi connectivity index (χ3n) is 17.3. The molecule has 508 valence electrons. The van der Waals surface area contributed by atoms with Crippen LogP contribution in [0.2, 0.25) is 0 Å². The fourth-order valence-corrected chi connectivity index (χ4v) is 12.4. The van der Waals surface area contributed by atoms with E-state index in [0.717, 1.165) is 70.6 Å². The number of carbonyl (C=O) groups is 3. The Bertz CT molecular complexity index is 1700. The molecule has 86 heavy (non-hydrogen) atoms. The van der Waals surface area contributed by atoms with E-state index in [1.807, 2.05) is 0 Å². The van der Waals surface area contributed by atoms with Gasteiger partial charge in [-0.1, -0.05) is 271 Å². The number of esters is 1. The van der Waals surface area contributed by atoms with Crippen molar-refractivity contribution in [1.29, 1.82) is 0 Å². The highest BCUT2D eigenvalue weighted by atomic mass is 31.2. The predicted octanol–water partition coefficient (Wildman–Crippen LogP) is 12.2. The molecule has 0 saturated carbocycles. The Balaban J connectivity index is 2.00. The molecule has 0 aromatic rings. The van der Waals surface area contributed by atoms with Crippen molar-refractivity contribution in [3.63, 3.8) is 0 Å². The average Bonchev–Trinajstić information content (AvgIpc) is 1.27. The number of nitrogens with one attached hydrogen (secondary N) is 2. The first-order valence-electron chi connectivity index (χ1n) is 35.0. The molecule has 2 unspecified atom stereocenters. The maximum atomic E-state index is 13.9. The monoisotopic (exact) mass is 1250 g/mol. The molecule has 2 fully saturated rings. The van der Waals surface area contributed by atoms with Crippen molar-refractivity contribution in [2.75, 3.05) is 13.2 Å². The quantitative estimate of drug-likeness (QED) is 0.0154. The molecule has 2 saturated heterocycles. The van der Waals surface area contributed by atoms with E-state index in [1.54, 1.807) is 0 Å². The van der Waals surface area contributed by atoms with Crippen molar-refractivity contribution in [1.82, 2.24) is 10.6 Å². The van der Waals surface area contributed by atoms with Crippen LogP contribution in [0, 0.1) is 0 Å². The first-order chi connectivity index (χ1) is 41.5. The van der Waals surface area contributed by atoms with Crippen LogP contribution in [0.1, 0.15) is 316 Å². The minimum absolute atomic E-state index is 0.217. The first-order valence-corrected chi connectivity index (χ1v) is 36.5. The van der Waals surface area contributed by atoms with Crippen molar-refractivity contribution in [3.8, 4) is 0 Å². The van der Waals surface area contributed by atoms with Crippen LogP contribution in [0.15, 0.2) is 0 Å². The standard InChI is InChI=1S/C66H127N2O17P/c1-4-7-10-13-16-19-22-25-26-29-32-35-38-41-44-47-58(73)82-53(46-43-40-37-34-31-28-24-21-18-15-12-9-6-3)49-57(72)68-59-63(76)61(74)54(50-69)83-65(59)81-51-55-62(75)64(77)60(66(84-55)85-86(78,79)80)67-56(71)48-52(70)45-42-39-36-33-30-27-23-20-17-14-11-8-5-2/h52-55,59-66,69-70,74-77H,4-51H2,1-3H3,(H,67,71)(H,68,72)(H2,78,79,80)/t52?,53?,54-,55-,59-,60-,61-,62-,63-,64-,65-,66-/m1/s1. The Morgan fingerprint density at radius 3 is 1.19 bits per heavy atom. The second kappa shape index (κ2) is 51.7. The van der Waals surface area contributed by atoms with Crippen LogP contribution < -0.4 is 10.6 Å². The Morgan fingerprint density at radius 2 is 0.791 bits per heavy atom. The number of amides is 2. The molecule has 0 aromatic heterocycles. The summed E-state index contributed by atoms with van der Waals surface area (Å²) in [6.45, 7) is 5.19. The number of phosphoric ester groups is 1. The highest BCUT2D eigenvalue weighted by molar-refractivity contribution is 7.46. The van der Waals surface area contributed by atoms with Gasteiger partial charge in [0, 0.05) is 6.42 Å². The molecule has 0 bridgehead atoms. The number of phosphoric acid groups is 1. The summed E-state index contributed by atoms with van der Waals surface area (Å²) in [5.41, 5.74) is 0. The van der Waals surface area contributed by atoms with Crippen LogP contribution in [0.3, 0.4) is 0 Å². The predicted molar refractivity (Wildman–Crippen MR) is 337 cm³/mol. The number of aliphatic hydroxyl groups excluding tert-OH is 6. The van der Waals surface area contributed by atoms with E-state index in [0.29, 0.717) is 32.1 Å². The van der Waals surface area contributed by atoms with Gasteiger partial charge in [-0.2, -0.15) is 0 Å². The molecule has 12 atom stereocenters. The molecule has 2 heterocycles. The van der Waals surface area contributed by atoms with Gasteiger partial charge >= 0.3 is 13.8 Å². The second-order valence-electron chi connectivity index (χ2n) is 25.3. The minimum Gasteiger partial charge on any atom is -0.462 e. The third kappa shape index (κ3) is 39.4. The van der Waals surface area contributed by atoms with Crippen LogP contribution in [0.4, 0.5) is 0 Å². The third-order valence-corrected chi connectivity index (χ3v) is 17.8. The topological polar surface area (TPSA) is 300 Å². The van der Waals surface area contributed by atoms with E-state index < -0.39 is 119 Å². The Hall–Kier alpha value is -1.84. The summed E-state index contributed by atoms with van der Waals surface area (Å²) in [6.07, 6.45) is 32.5. The zero-order valence-electron chi connectivity index (χ0n) is 54.1. The van der Waals surface area contributed by atoms with E-state index >= 15 is 0 Å². The lowest BCUT2D eigenvalue weighted by molar-refractivity contribution is -0.296. The molecule has 0 radical (unpaired) electrons. The Kier molecular flexibility index (Phi) is 48.3. The first kappa shape index (κ1) is 80.3. The maximum absolute atomic E-state index is 13.9. The van der Waals surface area contributed by atoms with Gasteiger partial charge in [0.15, 0.2) is 12.6 Å². The van der Waals surface area contributed by atoms with Gasteiger partial charge in [0.05, 0.1) is 32.2 Å². The van der Waals surface area contributed by atoms with Crippen LogP contribution in [0.5, 0.6) is 0 Å². The Labute approximate surface area is 520 Å². The smallest absolute Gasteiger partial charge is 0.462 e. The summed E-state index contributed by atoms with van der Waals surface area (Å²) in [5, 5.41) is 70.6. The molecular formula is C66H127N2O17P. The molecule has 2 aliphatic heterocycles. The lowest BCUT2D eigenvalue weighted by Gasteiger charge is -2.45. The number of rotatable bonds is 57. The van der Waals surface area contributed by atoms with Crippen molar-refractivity contribution in [2.24, 2.45) is 0 Å². The molecule has 0 aliphatic carbocycles. The van der Waals surface area contributed by atoms with Crippen molar-refractivity contribution in [2.45, 2.75) is 390 Å². The molecular weight excluding hydrogens is 1120 g/mol. The average molecular weight is 1250 g/mol. The van der Waals surface area contributed by atoms with Gasteiger partial charge in [-0.15, -0.1) is 0 Å². The summed E-state index contributed by atoms with van der Waals surface area (Å²) in [4.78, 5) is 60.0. The summed E-state index contributed by atoms with van der Waals surface area (Å²) in [6, 6.07) is -3.22. The number of ether oxygens (including phenoxy) is 4. The lowest BCUT2D eigenvalue weighted by Crippen LogP contribution is -2.66. The van der Waals surface area contributed by atoms with Gasteiger partial charge in [-0.05, 0) is 25.7 Å². The Morgan fingerprint density at radius 1 is 0.453 bits per heavy atom. The zero-order chi connectivity index (χ0) is 63.1. The van der Waals surface area contributed by atoms with Gasteiger partial charge in [-0.25, -0.2) is 4.57 Å². The summed E-state index contributed by atoms with van der Waals surface area (Å²) < 4.78 is 40.4.